The van der Waals surface area contributed by atoms with E-state index in [1.165, 1.54) is 7.11 Å². The van der Waals surface area contributed by atoms with Gasteiger partial charge in [-0.2, -0.15) is 0 Å². The Kier molecular flexibility index (Phi) is 4.01. The molecule has 1 unspecified atom stereocenters. The summed E-state index contributed by atoms with van der Waals surface area (Å²) in [6.07, 6.45) is 2.20. The first-order valence-corrected chi connectivity index (χ1v) is 6.29. The molecule has 1 saturated carbocycles. The molecule has 0 amide bonds. The van der Waals surface area contributed by atoms with Crippen LogP contribution in [0.25, 0.3) is 0 Å². The number of methoxy groups -OCH3 is 2. The van der Waals surface area contributed by atoms with Crippen molar-refractivity contribution in [1.29, 1.82) is 0 Å². The Morgan fingerprint density at radius 2 is 2.00 bits per heavy atom. The first-order valence-electron chi connectivity index (χ1n) is 6.29. The third-order valence-corrected chi connectivity index (χ3v) is 3.84. The van der Waals surface area contributed by atoms with Crippen LogP contribution in [0.15, 0.2) is 0 Å². The number of carbonyl (C=O) groups excluding carboxylic acids is 1. The molecule has 0 aromatic heterocycles. The van der Waals surface area contributed by atoms with E-state index in [0.717, 1.165) is 39.0 Å². The summed E-state index contributed by atoms with van der Waals surface area (Å²) < 4.78 is 10.4. The molecule has 0 aromatic rings. The highest BCUT2D eigenvalue weighted by Crippen LogP contribution is 2.44. The van der Waals surface area contributed by atoms with Crippen LogP contribution in [-0.4, -0.2) is 63.4 Å². The Hall–Kier alpha value is -0.650. The van der Waals surface area contributed by atoms with Crippen molar-refractivity contribution in [1.82, 2.24) is 10.2 Å². The fraction of sp³-hybridized carbons (Fsp3) is 0.917. The number of nitrogens with one attached hydrogen (secondary N) is 1. The second-order valence-corrected chi connectivity index (χ2v) is 4.86. The third kappa shape index (κ3) is 2.32. The first kappa shape index (κ1) is 12.8. The predicted molar refractivity (Wildman–Crippen MR) is 63.8 cm³/mol. The molecule has 98 valence electrons. The number of rotatable bonds is 5. The minimum Gasteiger partial charge on any atom is -0.468 e. The Balaban J connectivity index is 2.21. The molecule has 5 nitrogen and oxygen atoms in total. The lowest BCUT2D eigenvalue weighted by Gasteiger charge is -2.43. The fourth-order valence-corrected chi connectivity index (χ4v) is 2.84. The molecule has 0 spiro atoms. The first-order chi connectivity index (χ1) is 8.25. The number of carbonyl (C=O) groups is 1. The standard InChI is InChI=1S/C12H22N2O3/c1-16-9-12(10-3-4-10,11(15)17-2)14-7-5-13-6-8-14/h10,13H,3-9H2,1-2H3. The van der Waals surface area contributed by atoms with Crippen molar-refractivity contribution in [3.05, 3.63) is 0 Å². The highest BCUT2D eigenvalue weighted by molar-refractivity contribution is 5.82. The molecule has 2 fully saturated rings. The van der Waals surface area contributed by atoms with Gasteiger partial charge in [-0.25, -0.2) is 4.79 Å². The van der Waals surface area contributed by atoms with E-state index in [-0.39, 0.29) is 5.97 Å². The molecule has 1 aliphatic heterocycles. The van der Waals surface area contributed by atoms with Gasteiger partial charge in [0.05, 0.1) is 13.7 Å². The summed E-state index contributed by atoms with van der Waals surface area (Å²) in [5, 5.41) is 3.31. The van der Waals surface area contributed by atoms with Crippen LogP contribution in [0.3, 0.4) is 0 Å². The second-order valence-electron chi connectivity index (χ2n) is 4.86. The van der Waals surface area contributed by atoms with Gasteiger partial charge in [-0.3, -0.25) is 4.90 Å². The van der Waals surface area contributed by atoms with Crippen molar-refractivity contribution in [3.8, 4) is 0 Å². The lowest BCUT2D eigenvalue weighted by molar-refractivity contribution is -0.162. The number of piperazine rings is 1. The Morgan fingerprint density at radius 3 is 2.47 bits per heavy atom. The van der Waals surface area contributed by atoms with Gasteiger partial charge in [0.1, 0.15) is 5.54 Å². The summed E-state index contributed by atoms with van der Waals surface area (Å²) in [6, 6.07) is 0. The van der Waals surface area contributed by atoms with Crippen LogP contribution in [0.1, 0.15) is 12.8 Å². The summed E-state index contributed by atoms with van der Waals surface area (Å²) in [4.78, 5) is 14.5. The molecule has 1 saturated heterocycles. The second kappa shape index (κ2) is 5.33. The molecule has 0 aromatic carbocycles. The van der Waals surface area contributed by atoms with Crippen LogP contribution >= 0.6 is 0 Å². The summed E-state index contributed by atoms with van der Waals surface area (Å²) in [7, 11) is 3.12. The number of ether oxygens (including phenoxy) is 2. The Labute approximate surface area is 102 Å². The average molecular weight is 242 g/mol. The summed E-state index contributed by atoms with van der Waals surface area (Å²) in [5.41, 5.74) is -0.550. The van der Waals surface area contributed by atoms with Crippen LogP contribution in [0.4, 0.5) is 0 Å². The molecule has 17 heavy (non-hydrogen) atoms. The quantitative estimate of drug-likeness (QED) is 0.680. The number of esters is 1. The van der Waals surface area contributed by atoms with Gasteiger partial charge < -0.3 is 14.8 Å². The van der Waals surface area contributed by atoms with Gasteiger partial charge in [-0.05, 0) is 18.8 Å². The topological polar surface area (TPSA) is 50.8 Å². The van der Waals surface area contributed by atoms with Gasteiger partial charge in [0.15, 0.2) is 0 Å². The van der Waals surface area contributed by atoms with Gasteiger partial charge in [-0.15, -0.1) is 0 Å². The molecule has 1 aliphatic carbocycles. The van der Waals surface area contributed by atoms with Crippen molar-refractivity contribution < 1.29 is 14.3 Å². The van der Waals surface area contributed by atoms with Crippen LogP contribution in [0.5, 0.6) is 0 Å². The van der Waals surface area contributed by atoms with Crippen LogP contribution in [0, 0.1) is 5.92 Å². The van der Waals surface area contributed by atoms with E-state index in [1.54, 1.807) is 7.11 Å². The minimum absolute atomic E-state index is 0.135. The van der Waals surface area contributed by atoms with Crippen molar-refractivity contribution >= 4 is 5.97 Å². The molecule has 2 rings (SSSR count). The molecule has 0 bridgehead atoms. The predicted octanol–water partition coefficient (Wildman–Crippen LogP) is -0.140. The number of hydrogen-bond acceptors (Lipinski definition) is 5. The van der Waals surface area contributed by atoms with Gasteiger partial charge >= 0.3 is 5.97 Å². The maximum absolute atomic E-state index is 12.2. The molecule has 1 heterocycles. The lowest BCUT2D eigenvalue weighted by atomic mass is 9.91. The highest BCUT2D eigenvalue weighted by atomic mass is 16.5. The molecular weight excluding hydrogens is 220 g/mol. The van der Waals surface area contributed by atoms with E-state index in [9.17, 15) is 4.79 Å². The van der Waals surface area contributed by atoms with E-state index in [0.29, 0.717) is 12.5 Å². The monoisotopic (exact) mass is 242 g/mol. The van der Waals surface area contributed by atoms with Gasteiger partial charge in [-0.1, -0.05) is 0 Å². The maximum Gasteiger partial charge on any atom is 0.328 e. The van der Waals surface area contributed by atoms with Crippen LogP contribution < -0.4 is 5.32 Å². The van der Waals surface area contributed by atoms with Crippen molar-refractivity contribution in [2.75, 3.05) is 47.0 Å². The van der Waals surface area contributed by atoms with Crippen molar-refractivity contribution in [2.45, 2.75) is 18.4 Å². The number of nitrogens with zero attached hydrogens (tertiary/aromatic N) is 1. The van der Waals surface area contributed by atoms with E-state index in [1.807, 2.05) is 0 Å². The summed E-state index contributed by atoms with van der Waals surface area (Å²) in [5.74, 6) is 0.261. The average Bonchev–Trinajstić information content (AvgIpc) is 3.20. The molecule has 0 radical (unpaired) electrons. The van der Waals surface area contributed by atoms with E-state index >= 15 is 0 Å². The van der Waals surface area contributed by atoms with Gasteiger partial charge in [0.2, 0.25) is 0 Å². The molecular formula is C12H22N2O3. The van der Waals surface area contributed by atoms with E-state index in [4.69, 9.17) is 9.47 Å². The lowest BCUT2D eigenvalue weighted by Crippen LogP contribution is -2.64. The highest BCUT2D eigenvalue weighted by Gasteiger charge is 2.55. The molecule has 1 atom stereocenters. The van der Waals surface area contributed by atoms with Crippen LogP contribution in [0.2, 0.25) is 0 Å². The smallest absolute Gasteiger partial charge is 0.328 e. The largest absolute Gasteiger partial charge is 0.468 e. The normalized spacial score (nSPS) is 25.3. The summed E-state index contributed by atoms with van der Waals surface area (Å²) in [6.45, 7) is 4.05. The zero-order valence-corrected chi connectivity index (χ0v) is 10.7. The van der Waals surface area contributed by atoms with Gasteiger partial charge in [0.25, 0.3) is 0 Å². The Morgan fingerprint density at radius 1 is 1.35 bits per heavy atom. The molecule has 2 aliphatic rings. The minimum atomic E-state index is -0.550. The fourth-order valence-electron chi connectivity index (χ4n) is 2.84. The Bertz CT molecular complexity index is 275. The zero-order chi connectivity index (χ0) is 12.3. The summed E-state index contributed by atoms with van der Waals surface area (Å²) >= 11 is 0. The van der Waals surface area contributed by atoms with Crippen LogP contribution in [-0.2, 0) is 14.3 Å². The van der Waals surface area contributed by atoms with Crippen molar-refractivity contribution in [2.24, 2.45) is 5.92 Å². The van der Waals surface area contributed by atoms with E-state index < -0.39 is 5.54 Å². The number of hydrogen-bond donors (Lipinski definition) is 1. The third-order valence-electron chi connectivity index (χ3n) is 3.84. The molecule has 5 heteroatoms. The maximum atomic E-state index is 12.2. The molecule has 1 N–H and O–H groups in total. The van der Waals surface area contributed by atoms with Gasteiger partial charge in [0, 0.05) is 33.3 Å². The SMILES string of the molecule is COCC(C(=O)OC)(C1CC1)N1CCNCC1. The van der Waals surface area contributed by atoms with Crippen molar-refractivity contribution in [3.63, 3.8) is 0 Å². The van der Waals surface area contributed by atoms with E-state index in [2.05, 4.69) is 10.2 Å². The zero-order valence-electron chi connectivity index (χ0n) is 10.7.